The van der Waals surface area contributed by atoms with Crippen LogP contribution in [-0.2, 0) is 0 Å². The molecule has 2 aromatic heterocycles. The van der Waals surface area contributed by atoms with E-state index in [9.17, 15) is 0 Å². The van der Waals surface area contributed by atoms with Crippen molar-refractivity contribution in [3.8, 4) is 11.6 Å². The molecule has 0 aliphatic carbocycles. The number of nitrogens with zero attached hydrogens (tertiary/aromatic N) is 2. The molecule has 0 radical (unpaired) electrons. The molecule has 2 heterocycles. The number of hydrogen-bond donors (Lipinski definition) is 2. The quantitative estimate of drug-likeness (QED) is 0.617. The Kier molecular flexibility index (Phi) is 4.27. The zero-order valence-corrected chi connectivity index (χ0v) is 10.8. The van der Waals surface area contributed by atoms with Crippen molar-refractivity contribution in [3.05, 3.63) is 47.9 Å². The van der Waals surface area contributed by atoms with Gasteiger partial charge in [-0.2, -0.15) is 0 Å². The van der Waals surface area contributed by atoms with Gasteiger partial charge in [0.2, 0.25) is 5.88 Å². The minimum atomic E-state index is -0.272. The third-order valence-corrected chi connectivity index (χ3v) is 2.77. The smallest absolute Gasteiger partial charge is 0.218 e. The van der Waals surface area contributed by atoms with Crippen LogP contribution >= 0.6 is 0 Å². The number of nitrogens with one attached hydrogen (secondary N) is 1. The van der Waals surface area contributed by atoms with Crippen molar-refractivity contribution in [2.75, 3.05) is 14.2 Å². The highest BCUT2D eigenvalue weighted by Crippen LogP contribution is 2.28. The fourth-order valence-electron chi connectivity index (χ4n) is 1.86. The molecule has 0 amide bonds. The summed E-state index contributed by atoms with van der Waals surface area (Å²) in [5.41, 5.74) is 4.45. The molecule has 6 heteroatoms. The van der Waals surface area contributed by atoms with Crippen LogP contribution in [0.4, 0.5) is 0 Å². The first-order valence-electron chi connectivity index (χ1n) is 5.74. The number of rotatable bonds is 5. The highest BCUT2D eigenvalue weighted by Gasteiger charge is 2.18. The summed E-state index contributed by atoms with van der Waals surface area (Å²) in [4.78, 5) is 8.29. The van der Waals surface area contributed by atoms with Gasteiger partial charge in [0.15, 0.2) is 0 Å². The predicted molar refractivity (Wildman–Crippen MR) is 70.7 cm³/mol. The number of hydrazine groups is 1. The molecule has 0 spiro atoms. The van der Waals surface area contributed by atoms with Crippen LogP contribution in [0.15, 0.2) is 36.8 Å². The van der Waals surface area contributed by atoms with Crippen molar-refractivity contribution in [3.63, 3.8) is 0 Å². The number of nitrogens with two attached hydrogens (primary N) is 1. The largest absolute Gasteiger partial charge is 0.495 e. The van der Waals surface area contributed by atoms with Crippen LogP contribution in [0.3, 0.4) is 0 Å². The third kappa shape index (κ3) is 2.81. The number of ether oxygens (including phenoxy) is 2. The number of hydrogen-bond acceptors (Lipinski definition) is 6. The summed E-state index contributed by atoms with van der Waals surface area (Å²) in [6.45, 7) is 0. The predicted octanol–water partition coefficient (Wildman–Crippen LogP) is 1.05. The summed E-state index contributed by atoms with van der Waals surface area (Å²) in [6.07, 6.45) is 5.02. The molecular weight excluding hydrogens is 244 g/mol. The Bertz CT molecular complexity index is 548. The molecule has 0 saturated heterocycles. The number of methoxy groups -OCH3 is 2. The normalized spacial score (nSPS) is 11.9. The molecule has 0 fully saturated rings. The van der Waals surface area contributed by atoms with Gasteiger partial charge in [-0.05, 0) is 17.7 Å². The fraction of sp³-hybridized carbons (Fsp3) is 0.231. The van der Waals surface area contributed by atoms with Crippen LogP contribution in [0.2, 0.25) is 0 Å². The van der Waals surface area contributed by atoms with Crippen molar-refractivity contribution in [1.82, 2.24) is 15.4 Å². The summed E-state index contributed by atoms with van der Waals surface area (Å²) in [7, 11) is 3.17. The van der Waals surface area contributed by atoms with Gasteiger partial charge >= 0.3 is 0 Å². The molecule has 0 aliphatic rings. The van der Waals surface area contributed by atoms with E-state index in [0.29, 0.717) is 11.6 Å². The zero-order valence-electron chi connectivity index (χ0n) is 10.8. The van der Waals surface area contributed by atoms with Gasteiger partial charge in [-0.3, -0.25) is 10.8 Å². The molecule has 19 heavy (non-hydrogen) atoms. The first kappa shape index (κ1) is 13.3. The van der Waals surface area contributed by atoms with Gasteiger partial charge < -0.3 is 9.47 Å². The Balaban J connectivity index is 2.43. The first-order valence-corrected chi connectivity index (χ1v) is 5.74. The molecule has 0 bridgehead atoms. The summed E-state index contributed by atoms with van der Waals surface area (Å²) in [5, 5.41) is 0. The topological polar surface area (TPSA) is 82.3 Å². The van der Waals surface area contributed by atoms with E-state index in [1.54, 1.807) is 32.8 Å². The summed E-state index contributed by atoms with van der Waals surface area (Å²) >= 11 is 0. The van der Waals surface area contributed by atoms with Crippen LogP contribution in [0.5, 0.6) is 11.6 Å². The average Bonchev–Trinajstić information content (AvgIpc) is 2.49. The van der Waals surface area contributed by atoms with Crippen molar-refractivity contribution in [2.24, 2.45) is 5.84 Å². The standard InChI is InChI=1S/C13H16N4O2/c1-18-10-6-9(7-15-8-10)12(17-14)11-4-3-5-16-13(11)19-2/h3-8,12,17H,14H2,1-2H3. The third-order valence-electron chi connectivity index (χ3n) is 2.77. The van der Waals surface area contributed by atoms with E-state index in [1.807, 2.05) is 18.2 Å². The molecule has 0 saturated carbocycles. The second kappa shape index (κ2) is 6.12. The molecule has 1 unspecified atom stereocenters. The van der Waals surface area contributed by atoms with Crippen LogP contribution in [0.1, 0.15) is 17.2 Å². The maximum atomic E-state index is 5.65. The van der Waals surface area contributed by atoms with Crippen molar-refractivity contribution in [2.45, 2.75) is 6.04 Å². The molecule has 2 rings (SSSR count). The monoisotopic (exact) mass is 260 g/mol. The van der Waals surface area contributed by atoms with Crippen LogP contribution in [-0.4, -0.2) is 24.2 Å². The van der Waals surface area contributed by atoms with Gasteiger partial charge in [0.25, 0.3) is 0 Å². The van der Waals surface area contributed by atoms with E-state index in [-0.39, 0.29) is 6.04 Å². The second-order valence-corrected chi connectivity index (χ2v) is 3.86. The van der Waals surface area contributed by atoms with Crippen LogP contribution < -0.4 is 20.7 Å². The maximum absolute atomic E-state index is 5.65. The van der Waals surface area contributed by atoms with Gasteiger partial charge in [0.1, 0.15) is 5.75 Å². The van der Waals surface area contributed by atoms with Crippen molar-refractivity contribution in [1.29, 1.82) is 0 Å². The van der Waals surface area contributed by atoms with E-state index >= 15 is 0 Å². The van der Waals surface area contributed by atoms with Crippen LogP contribution in [0.25, 0.3) is 0 Å². The van der Waals surface area contributed by atoms with Gasteiger partial charge in [0.05, 0.1) is 26.5 Å². The van der Waals surface area contributed by atoms with E-state index in [2.05, 4.69) is 15.4 Å². The van der Waals surface area contributed by atoms with Gasteiger partial charge in [-0.15, -0.1) is 0 Å². The number of pyridine rings is 2. The summed E-state index contributed by atoms with van der Waals surface area (Å²) in [5.74, 6) is 6.84. The molecule has 0 aliphatic heterocycles. The van der Waals surface area contributed by atoms with E-state index in [0.717, 1.165) is 11.1 Å². The van der Waals surface area contributed by atoms with E-state index < -0.39 is 0 Å². The lowest BCUT2D eigenvalue weighted by molar-refractivity contribution is 0.386. The van der Waals surface area contributed by atoms with Gasteiger partial charge in [0, 0.05) is 18.0 Å². The lowest BCUT2D eigenvalue weighted by Crippen LogP contribution is -2.29. The molecule has 0 aromatic carbocycles. The molecule has 6 nitrogen and oxygen atoms in total. The zero-order chi connectivity index (χ0) is 13.7. The Morgan fingerprint density at radius 2 is 2.11 bits per heavy atom. The SMILES string of the molecule is COc1cncc(C(NN)c2cccnc2OC)c1. The molecular formula is C13H16N4O2. The van der Waals surface area contributed by atoms with Crippen molar-refractivity contribution < 1.29 is 9.47 Å². The molecule has 2 aromatic rings. The first-order chi connectivity index (χ1) is 9.30. The Morgan fingerprint density at radius 3 is 2.79 bits per heavy atom. The highest BCUT2D eigenvalue weighted by molar-refractivity contribution is 5.38. The highest BCUT2D eigenvalue weighted by atomic mass is 16.5. The molecule has 100 valence electrons. The van der Waals surface area contributed by atoms with E-state index in [4.69, 9.17) is 15.3 Å². The fourth-order valence-corrected chi connectivity index (χ4v) is 1.86. The minimum Gasteiger partial charge on any atom is -0.495 e. The van der Waals surface area contributed by atoms with Gasteiger partial charge in [-0.1, -0.05) is 6.07 Å². The minimum absolute atomic E-state index is 0.272. The van der Waals surface area contributed by atoms with Gasteiger partial charge in [-0.25, -0.2) is 10.4 Å². The molecule has 1 atom stereocenters. The summed E-state index contributed by atoms with van der Waals surface area (Å²) < 4.78 is 10.4. The van der Waals surface area contributed by atoms with E-state index in [1.165, 1.54) is 0 Å². The second-order valence-electron chi connectivity index (χ2n) is 3.86. The Labute approximate surface area is 111 Å². The number of aromatic nitrogens is 2. The average molecular weight is 260 g/mol. The van der Waals surface area contributed by atoms with Crippen molar-refractivity contribution >= 4 is 0 Å². The Morgan fingerprint density at radius 1 is 1.26 bits per heavy atom. The maximum Gasteiger partial charge on any atom is 0.218 e. The lowest BCUT2D eigenvalue weighted by atomic mass is 10.0. The van der Waals surface area contributed by atoms with Crippen LogP contribution in [0, 0.1) is 0 Å². The Hall–Kier alpha value is -2.18. The summed E-state index contributed by atoms with van der Waals surface area (Å²) in [6, 6.07) is 5.32. The lowest BCUT2D eigenvalue weighted by Gasteiger charge is -2.18. The molecule has 3 N–H and O–H groups in total.